The molecule has 1 heterocycles. The Morgan fingerprint density at radius 3 is 2.59 bits per heavy atom. The molecule has 0 bridgehead atoms. The molecule has 1 N–H and O–H groups in total. The van der Waals surface area contributed by atoms with Gasteiger partial charge >= 0.3 is 0 Å². The first kappa shape index (κ1) is 19.7. The van der Waals surface area contributed by atoms with Crippen LogP contribution in [0.5, 0.6) is 11.5 Å². The van der Waals surface area contributed by atoms with Crippen LogP contribution in [0.15, 0.2) is 48.5 Å². The minimum absolute atomic E-state index is 0.318. The maximum absolute atomic E-state index is 10.4. The monoisotopic (exact) mass is 371 g/mol. The van der Waals surface area contributed by atoms with Gasteiger partial charge in [-0.3, -0.25) is 4.90 Å². The number of nitrogens with zero attached hydrogens (tertiary/aromatic N) is 1. The zero-order valence-corrected chi connectivity index (χ0v) is 16.1. The summed E-state index contributed by atoms with van der Waals surface area (Å²) in [6.45, 7) is 2.39. The average Bonchev–Trinajstić information content (AvgIpc) is 3.16. The minimum atomic E-state index is -0.512. The molecule has 0 amide bonds. The van der Waals surface area contributed by atoms with E-state index >= 15 is 0 Å². The lowest BCUT2D eigenvalue weighted by atomic mass is 10.0. The number of aliphatic hydroxyl groups excluding tert-OH is 1. The highest BCUT2D eigenvalue weighted by Crippen LogP contribution is 2.33. The van der Waals surface area contributed by atoms with Crippen molar-refractivity contribution in [1.29, 1.82) is 0 Å². The van der Waals surface area contributed by atoms with Crippen molar-refractivity contribution in [1.82, 2.24) is 4.90 Å². The second-order valence-corrected chi connectivity index (χ2v) is 6.95. The highest BCUT2D eigenvalue weighted by atomic mass is 16.5. The van der Waals surface area contributed by atoms with Gasteiger partial charge < -0.3 is 19.3 Å². The van der Waals surface area contributed by atoms with Crippen LogP contribution in [0, 0.1) is 0 Å². The summed E-state index contributed by atoms with van der Waals surface area (Å²) >= 11 is 0. The molecule has 1 aliphatic heterocycles. The van der Waals surface area contributed by atoms with Crippen molar-refractivity contribution in [3.63, 3.8) is 0 Å². The Bertz CT molecular complexity index is 721. The molecule has 1 saturated heterocycles. The van der Waals surface area contributed by atoms with E-state index in [1.54, 1.807) is 14.2 Å². The van der Waals surface area contributed by atoms with Crippen molar-refractivity contribution in [3.8, 4) is 11.5 Å². The zero-order chi connectivity index (χ0) is 19.1. The summed E-state index contributed by atoms with van der Waals surface area (Å²) in [6.07, 6.45) is 1.73. The maximum atomic E-state index is 10.4. The standard InChI is InChI=1S/C22H29NO4/c1-25-20-8-3-6-17(12-20)15-27-16-19(24)14-23-11-5-10-22(23)18-7-4-9-21(13-18)26-2/h3-4,6-9,12-13,19,22,24H,5,10-11,14-16H2,1-2H3. The molecule has 2 aromatic carbocycles. The van der Waals surface area contributed by atoms with Crippen LogP contribution in [0.2, 0.25) is 0 Å². The molecule has 146 valence electrons. The topological polar surface area (TPSA) is 51.2 Å². The fourth-order valence-electron chi connectivity index (χ4n) is 3.67. The largest absolute Gasteiger partial charge is 0.497 e. The fraction of sp³-hybridized carbons (Fsp3) is 0.455. The molecule has 5 nitrogen and oxygen atoms in total. The number of hydrogen-bond donors (Lipinski definition) is 1. The first-order valence-electron chi connectivity index (χ1n) is 9.46. The fourth-order valence-corrected chi connectivity index (χ4v) is 3.67. The molecule has 1 aliphatic rings. The lowest BCUT2D eigenvalue weighted by Gasteiger charge is -2.27. The number of aliphatic hydroxyl groups is 1. The molecule has 2 unspecified atom stereocenters. The molecular formula is C22H29NO4. The second-order valence-electron chi connectivity index (χ2n) is 6.95. The first-order chi connectivity index (χ1) is 13.2. The third kappa shape index (κ3) is 5.45. The predicted octanol–water partition coefficient (Wildman–Crippen LogP) is 3.42. The lowest BCUT2D eigenvalue weighted by molar-refractivity contribution is 0.00768. The third-order valence-corrected chi connectivity index (χ3v) is 5.00. The molecule has 27 heavy (non-hydrogen) atoms. The molecule has 2 aromatic rings. The van der Waals surface area contributed by atoms with E-state index in [2.05, 4.69) is 17.0 Å². The highest BCUT2D eigenvalue weighted by molar-refractivity contribution is 5.31. The van der Waals surface area contributed by atoms with Crippen LogP contribution in [0.25, 0.3) is 0 Å². The van der Waals surface area contributed by atoms with Gasteiger partial charge in [-0.2, -0.15) is 0 Å². The summed E-state index contributed by atoms with van der Waals surface area (Å²) in [5.74, 6) is 1.69. The molecule has 0 aliphatic carbocycles. The van der Waals surface area contributed by atoms with Crippen LogP contribution >= 0.6 is 0 Å². The van der Waals surface area contributed by atoms with Gasteiger partial charge in [0.05, 0.1) is 33.5 Å². The molecule has 0 radical (unpaired) electrons. The van der Waals surface area contributed by atoms with Gasteiger partial charge in [0.25, 0.3) is 0 Å². The summed E-state index contributed by atoms with van der Waals surface area (Å²) in [5, 5.41) is 10.4. The van der Waals surface area contributed by atoms with Gasteiger partial charge in [0.2, 0.25) is 0 Å². The first-order valence-corrected chi connectivity index (χ1v) is 9.46. The summed E-state index contributed by atoms with van der Waals surface area (Å²) in [5.41, 5.74) is 2.29. The van der Waals surface area contributed by atoms with Gasteiger partial charge in [0, 0.05) is 12.6 Å². The van der Waals surface area contributed by atoms with Crippen molar-refractivity contribution in [2.24, 2.45) is 0 Å². The normalized spacial score (nSPS) is 18.4. The van der Waals surface area contributed by atoms with E-state index in [-0.39, 0.29) is 0 Å². The molecule has 0 spiro atoms. The molecule has 1 fully saturated rings. The van der Waals surface area contributed by atoms with Crippen molar-refractivity contribution in [2.75, 3.05) is 33.9 Å². The van der Waals surface area contributed by atoms with Crippen LogP contribution in [0.4, 0.5) is 0 Å². The second kappa shape index (κ2) is 9.74. The highest BCUT2D eigenvalue weighted by Gasteiger charge is 2.27. The van der Waals surface area contributed by atoms with Gasteiger partial charge in [-0.15, -0.1) is 0 Å². The smallest absolute Gasteiger partial charge is 0.119 e. The predicted molar refractivity (Wildman–Crippen MR) is 105 cm³/mol. The lowest BCUT2D eigenvalue weighted by Crippen LogP contribution is -2.34. The Morgan fingerprint density at radius 1 is 1.07 bits per heavy atom. The summed E-state index contributed by atoms with van der Waals surface area (Å²) in [6, 6.07) is 16.3. The number of rotatable bonds is 9. The summed E-state index contributed by atoms with van der Waals surface area (Å²) < 4.78 is 16.3. The molecular weight excluding hydrogens is 342 g/mol. The van der Waals surface area contributed by atoms with Gasteiger partial charge in [0.1, 0.15) is 11.5 Å². The van der Waals surface area contributed by atoms with Gasteiger partial charge in [-0.1, -0.05) is 24.3 Å². The summed E-state index contributed by atoms with van der Waals surface area (Å²) in [7, 11) is 3.34. The Hall–Kier alpha value is -2.08. The number of likely N-dealkylation sites (tertiary alicyclic amines) is 1. The number of methoxy groups -OCH3 is 2. The van der Waals surface area contributed by atoms with Crippen molar-refractivity contribution >= 4 is 0 Å². The Balaban J connectivity index is 1.49. The van der Waals surface area contributed by atoms with Crippen molar-refractivity contribution < 1.29 is 19.3 Å². The molecule has 5 heteroatoms. The number of ether oxygens (including phenoxy) is 3. The van der Waals surface area contributed by atoms with E-state index in [9.17, 15) is 5.11 Å². The van der Waals surface area contributed by atoms with Crippen molar-refractivity contribution in [2.45, 2.75) is 31.6 Å². The van der Waals surface area contributed by atoms with Gasteiger partial charge in [0.15, 0.2) is 0 Å². The Kier molecular flexibility index (Phi) is 7.10. The number of β-amino-alcohol motifs (C(OH)–C–C–N with tert-alkyl or cyclic N) is 1. The number of benzene rings is 2. The van der Waals surface area contributed by atoms with Crippen LogP contribution in [-0.2, 0) is 11.3 Å². The average molecular weight is 371 g/mol. The van der Waals surface area contributed by atoms with E-state index in [1.807, 2.05) is 36.4 Å². The van der Waals surface area contributed by atoms with Gasteiger partial charge in [-0.25, -0.2) is 0 Å². The summed E-state index contributed by atoms with van der Waals surface area (Å²) in [4.78, 5) is 2.34. The molecule has 0 aromatic heterocycles. The van der Waals surface area contributed by atoms with Gasteiger partial charge in [-0.05, 0) is 54.8 Å². The Morgan fingerprint density at radius 2 is 1.81 bits per heavy atom. The van der Waals surface area contributed by atoms with E-state index in [0.717, 1.165) is 36.4 Å². The van der Waals surface area contributed by atoms with Crippen LogP contribution < -0.4 is 9.47 Å². The Labute approximate surface area is 161 Å². The van der Waals surface area contributed by atoms with E-state index in [1.165, 1.54) is 5.56 Å². The van der Waals surface area contributed by atoms with E-state index < -0.39 is 6.10 Å². The molecule has 3 rings (SSSR count). The van der Waals surface area contributed by atoms with Crippen LogP contribution in [-0.4, -0.2) is 50.0 Å². The molecule has 0 saturated carbocycles. The van der Waals surface area contributed by atoms with Crippen LogP contribution in [0.3, 0.4) is 0 Å². The zero-order valence-electron chi connectivity index (χ0n) is 16.1. The quantitative estimate of drug-likeness (QED) is 0.732. The SMILES string of the molecule is COc1cccc(COCC(O)CN2CCCC2c2cccc(OC)c2)c1. The minimum Gasteiger partial charge on any atom is -0.497 e. The maximum Gasteiger partial charge on any atom is 0.119 e. The molecule has 2 atom stereocenters. The van der Waals surface area contributed by atoms with E-state index in [4.69, 9.17) is 14.2 Å². The van der Waals surface area contributed by atoms with Crippen LogP contribution in [0.1, 0.15) is 30.0 Å². The van der Waals surface area contributed by atoms with E-state index in [0.29, 0.717) is 25.8 Å². The third-order valence-electron chi connectivity index (χ3n) is 5.00. The van der Waals surface area contributed by atoms with Crippen molar-refractivity contribution in [3.05, 3.63) is 59.7 Å². The number of hydrogen-bond acceptors (Lipinski definition) is 5.